The van der Waals surface area contributed by atoms with Crippen LogP contribution in [0.2, 0.25) is 5.02 Å². The van der Waals surface area contributed by atoms with Gasteiger partial charge in [-0.3, -0.25) is 9.59 Å². The first-order valence-corrected chi connectivity index (χ1v) is 8.32. The summed E-state index contributed by atoms with van der Waals surface area (Å²) in [5.74, 6) is -1.31. The number of nitrogens with zero attached hydrogens (tertiary/aromatic N) is 2. The van der Waals surface area contributed by atoms with Crippen molar-refractivity contribution in [3.8, 4) is 11.4 Å². The van der Waals surface area contributed by atoms with Crippen molar-refractivity contribution in [3.63, 3.8) is 0 Å². The van der Waals surface area contributed by atoms with E-state index in [1.54, 1.807) is 24.3 Å². The van der Waals surface area contributed by atoms with Crippen LogP contribution in [0.5, 0.6) is 0 Å². The molecule has 0 spiro atoms. The van der Waals surface area contributed by atoms with Gasteiger partial charge in [-0.25, -0.2) is 4.39 Å². The van der Waals surface area contributed by atoms with Gasteiger partial charge in [-0.2, -0.15) is 4.98 Å². The second kappa shape index (κ2) is 8.41. The summed E-state index contributed by atoms with van der Waals surface area (Å²) in [6.45, 7) is 0.331. The Hall–Kier alpha value is -3.26. The van der Waals surface area contributed by atoms with Crippen molar-refractivity contribution in [1.29, 1.82) is 0 Å². The third kappa shape index (κ3) is 4.89. The van der Waals surface area contributed by atoms with Crippen LogP contribution in [-0.4, -0.2) is 35.0 Å². The second-order valence-electron chi connectivity index (χ2n) is 5.45. The van der Waals surface area contributed by atoms with Gasteiger partial charge in [0.1, 0.15) is 5.82 Å². The van der Waals surface area contributed by atoms with Crippen molar-refractivity contribution in [2.24, 2.45) is 0 Å². The molecule has 0 unspecified atom stereocenters. The second-order valence-corrected chi connectivity index (χ2v) is 5.89. The molecule has 2 amide bonds. The van der Waals surface area contributed by atoms with Crippen LogP contribution in [0.15, 0.2) is 53.1 Å². The van der Waals surface area contributed by atoms with Gasteiger partial charge in [-0.1, -0.05) is 28.9 Å². The summed E-state index contributed by atoms with van der Waals surface area (Å²) in [6, 6.07) is 12.0. The molecule has 0 aliphatic carbocycles. The molecule has 0 fully saturated rings. The number of hydrogen-bond acceptors (Lipinski definition) is 5. The number of carbonyl (C=O) groups is 2. The fourth-order valence-electron chi connectivity index (χ4n) is 2.19. The molecule has 0 radical (unpaired) electrons. The van der Waals surface area contributed by atoms with E-state index in [1.165, 1.54) is 24.3 Å². The van der Waals surface area contributed by atoms with E-state index >= 15 is 0 Å². The average molecular weight is 389 g/mol. The Labute approximate surface area is 158 Å². The van der Waals surface area contributed by atoms with E-state index in [2.05, 4.69) is 20.8 Å². The summed E-state index contributed by atoms with van der Waals surface area (Å²) in [5.41, 5.74) is 0.947. The van der Waals surface area contributed by atoms with Crippen LogP contribution in [0.25, 0.3) is 11.4 Å². The molecule has 0 saturated heterocycles. The van der Waals surface area contributed by atoms with Gasteiger partial charge in [0.2, 0.25) is 5.82 Å². The summed E-state index contributed by atoms with van der Waals surface area (Å²) in [5, 5.41) is 9.42. The first-order valence-electron chi connectivity index (χ1n) is 7.94. The van der Waals surface area contributed by atoms with Gasteiger partial charge in [-0.15, -0.1) is 0 Å². The quantitative estimate of drug-likeness (QED) is 0.633. The van der Waals surface area contributed by atoms with Crippen LogP contribution in [-0.2, 0) is 0 Å². The zero-order valence-electron chi connectivity index (χ0n) is 13.9. The summed E-state index contributed by atoms with van der Waals surface area (Å²) in [6.07, 6.45) is 0. The lowest BCUT2D eigenvalue weighted by Crippen LogP contribution is -2.34. The molecular formula is C18H14ClFN4O3. The van der Waals surface area contributed by atoms with Gasteiger partial charge in [0.25, 0.3) is 5.91 Å². The van der Waals surface area contributed by atoms with Crippen LogP contribution >= 0.6 is 11.6 Å². The maximum absolute atomic E-state index is 12.8. The highest BCUT2D eigenvalue weighted by atomic mass is 35.5. The highest BCUT2D eigenvalue weighted by molar-refractivity contribution is 6.30. The molecule has 27 heavy (non-hydrogen) atoms. The minimum Gasteiger partial charge on any atom is -0.350 e. The highest BCUT2D eigenvalue weighted by Gasteiger charge is 2.16. The Morgan fingerprint density at radius 3 is 2.44 bits per heavy atom. The predicted octanol–water partition coefficient (Wildman–Crippen LogP) is 2.69. The van der Waals surface area contributed by atoms with Gasteiger partial charge in [0, 0.05) is 29.2 Å². The maximum atomic E-state index is 12.8. The van der Waals surface area contributed by atoms with E-state index in [9.17, 15) is 14.0 Å². The monoisotopic (exact) mass is 388 g/mol. The predicted molar refractivity (Wildman–Crippen MR) is 95.8 cm³/mol. The molecule has 2 aromatic carbocycles. The Morgan fingerprint density at radius 1 is 1.04 bits per heavy atom. The lowest BCUT2D eigenvalue weighted by molar-refractivity contribution is 0.0898. The fourth-order valence-corrected chi connectivity index (χ4v) is 2.38. The van der Waals surface area contributed by atoms with Gasteiger partial charge in [-0.05, 0) is 36.4 Å². The van der Waals surface area contributed by atoms with Crippen molar-refractivity contribution >= 4 is 23.4 Å². The highest BCUT2D eigenvalue weighted by Crippen LogP contribution is 2.19. The molecule has 3 aromatic rings. The summed E-state index contributed by atoms with van der Waals surface area (Å²) >= 11 is 5.91. The number of hydrogen-bond donors (Lipinski definition) is 2. The first-order chi connectivity index (χ1) is 13.0. The van der Waals surface area contributed by atoms with E-state index in [0.29, 0.717) is 16.1 Å². The number of rotatable bonds is 6. The van der Waals surface area contributed by atoms with Crippen molar-refractivity contribution < 1.29 is 18.5 Å². The third-order valence-electron chi connectivity index (χ3n) is 3.51. The fraction of sp³-hybridized carbons (Fsp3) is 0.111. The van der Waals surface area contributed by atoms with Gasteiger partial charge in [0.05, 0.1) is 0 Å². The van der Waals surface area contributed by atoms with E-state index in [-0.39, 0.29) is 30.7 Å². The average Bonchev–Trinajstić information content (AvgIpc) is 3.16. The number of carbonyl (C=O) groups excluding carboxylic acids is 2. The molecule has 7 nitrogen and oxygen atoms in total. The van der Waals surface area contributed by atoms with Crippen LogP contribution < -0.4 is 10.6 Å². The van der Waals surface area contributed by atoms with E-state index in [4.69, 9.17) is 16.1 Å². The molecule has 0 atom stereocenters. The number of nitrogens with one attached hydrogen (secondary N) is 2. The summed E-state index contributed by atoms with van der Waals surface area (Å²) < 4.78 is 17.8. The number of aromatic nitrogens is 2. The Balaban J connectivity index is 1.48. The molecule has 2 N–H and O–H groups in total. The van der Waals surface area contributed by atoms with Gasteiger partial charge >= 0.3 is 11.8 Å². The molecule has 0 saturated carbocycles. The van der Waals surface area contributed by atoms with Gasteiger partial charge in [0.15, 0.2) is 0 Å². The molecular weight excluding hydrogens is 375 g/mol. The third-order valence-corrected chi connectivity index (χ3v) is 3.74. The lowest BCUT2D eigenvalue weighted by Gasteiger charge is -2.05. The molecule has 0 aliphatic heterocycles. The van der Waals surface area contributed by atoms with E-state index < -0.39 is 11.7 Å². The van der Waals surface area contributed by atoms with Gasteiger partial charge < -0.3 is 15.2 Å². The zero-order valence-corrected chi connectivity index (χ0v) is 14.7. The number of halogens is 2. The summed E-state index contributed by atoms with van der Waals surface area (Å²) in [7, 11) is 0. The zero-order chi connectivity index (χ0) is 19.2. The van der Waals surface area contributed by atoms with Crippen molar-refractivity contribution in [2.45, 2.75) is 0 Å². The molecule has 138 valence electrons. The Morgan fingerprint density at radius 2 is 1.74 bits per heavy atom. The topological polar surface area (TPSA) is 97.1 Å². The first kappa shape index (κ1) is 18.5. The molecule has 0 bridgehead atoms. The molecule has 9 heteroatoms. The molecule has 1 heterocycles. The molecule has 3 rings (SSSR count). The molecule has 0 aliphatic rings. The minimum atomic E-state index is -0.563. The SMILES string of the molecule is O=C(NCCNC(=O)c1nc(-c2cccc(Cl)c2)no1)c1ccc(F)cc1. The minimum absolute atomic E-state index is 0.153. The number of amides is 2. The maximum Gasteiger partial charge on any atom is 0.316 e. The van der Waals surface area contributed by atoms with Crippen LogP contribution in [0.4, 0.5) is 4.39 Å². The van der Waals surface area contributed by atoms with E-state index in [0.717, 1.165) is 0 Å². The van der Waals surface area contributed by atoms with Crippen LogP contribution in [0, 0.1) is 5.82 Å². The van der Waals surface area contributed by atoms with Crippen molar-refractivity contribution in [2.75, 3.05) is 13.1 Å². The Kier molecular flexibility index (Phi) is 5.77. The number of benzene rings is 2. The molecule has 1 aromatic heterocycles. The summed E-state index contributed by atoms with van der Waals surface area (Å²) in [4.78, 5) is 27.9. The normalized spacial score (nSPS) is 10.4. The smallest absolute Gasteiger partial charge is 0.316 e. The standard InChI is InChI=1S/C18H14ClFN4O3/c19-13-3-1-2-12(10-13)15-23-18(27-24-15)17(26)22-9-8-21-16(25)11-4-6-14(20)7-5-11/h1-7,10H,8-9H2,(H,21,25)(H,22,26). The van der Waals surface area contributed by atoms with Crippen molar-refractivity contribution in [3.05, 3.63) is 70.8 Å². The van der Waals surface area contributed by atoms with Crippen molar-refractivity contribution in [1.82, 2.24) is 20.8 Å². The largest absolute Gasteiger partial charge is 0.350 e. The van der Waals surface area contributed by atoms with Crippen LogP contribution in [0.3, 0.4) is 0 Å². The lowest BCUT2D eigenvalue weighted by atomic mass is 10.2. The Bertz CT molecular complexity index is 959. The van der Waals surface area contributed by atoms with Crippen LogP contribution in [0.1, 0.15) is 21.0 Å². The van der Waals surface area contributed by atoms with E-state index in [1.807, 2.05) is 0 Å².